The molecule has 2 aromatic heterocycles. The third kappa shape index (κ3) is 3.83. The average molecular weight is 469 g/mol. The second-order valence-electron chi connectivity index (χ2n) is 7.07. The molecule has 1 saturated carbocycles. The molecule has 1 aliphatic carbocycles. The Morgan fingerprint density at radius 2 is 2.10 bits per heavy atom. The van der Waals surface area contributed by atoms with Crippen LogP contribution in [0.25, 0.3) is 11.7 Å². The third-order valence-corrected chi connectivity index (χ3v) is 5.16. The number of anilines is 2. The summed E-state index contributed by atoms with van der Waals surface area (Å²) in [6.45, 7) is 0.543. The number of nitrogens with one attached hydrogen (secondary N) is 4. The predicted molar refractivity (Wildman–Crippen MR) is 114 cm³/mol. The van der Waals surface area contributed by atoms with Gasteiger partial charge < -0.3 is 16.0 Å². The monoisotopic (exact) mass is 468 g/mol. The maximum Gasteiger partial charge on any atom is 0.326 e. The molecule has 1 saturated heterocycles. The maximum absolute atomic E-state index is 11.9. The first-order valence-electron chi connectivity index (χ1n) is 9.40. The quantitative estimate of drug-likeness (QED) is 0.322. The van der Waals surface area contributed by atoms with Crippen molar-refractivity contribution in [1.82, 2.24) is 30.2 Å². The van der Waals surface area contributed by atoms with E-state index < -0.39 is 11.9 Å². The Morgan fingerprint density at radius 3 is 2.83 bits per heavy atom. The molecule has 1 aliphatic heterocycles. The summed E-state index contributed by atoms with van der Waals surface area (Å²) in [5, 5.41) is 15.6. The van der Waals surface area contributed by atoms with Gasteiger partial charge in [-0.3, -0.25) is 10.1 Å². The molecule has 2 fully saturated rings. The number of halogens is 1. The molecule has 0 atom stereocenters. The normalized spacial score (nSPS) is 17.3. The van der Waals surface area contributed by atoms with Crippen LogP contribution in [0.2, 0.25) is 0 Å². The second-order valence-corrected chi connectivity index (χ2v) is 7.99. The largest absolute Gasteiger partial charge is 0.351 e. The summed E-state index contributed by atoms with van der Waals surface area (Å²) in [7, 11) is 0. The highest BCUT2D eigenvalue weighted by Crippen LogP contribution is 2.26. The fourth-order valence-corrected chi connectivity index (χ4v) is 3.49. The highest BCUT2D eigenvalue weighted by molar-refractivity contribution is 9.10. The number of hydrogen-bond donors (Lipinski definition) is 4. The smallest absolute Gasteiger partial charge is 0.326 e. The van der Waals surface area contributed by atoms with Crippen LogP contribution in [0.4, 0.5) is 16.7 Å². The van der Waals surface area contributed by atoms with Crippen molar-refractivity contribution in [2.75, 3.05) is 10.6 Å². The van der Waals surface area contributed by atoms with Crippen molar-refractivity contribution in [3.8, 4) is 0 Å². The zero-order valence-electron chi connectivity index (χ0n) is 15.6. The van der Waals surface area contributed by atoms with Gasteiger partial charge in [0, 0.05) is 22.6 Å². The molecular formula is C19H17BrN8O2. The van der Waals surface area contributed by atoms with Gasteiger partial charge in [-0.05, 0) is 36.6 Å². The molecule has 0 unspecified atom stereocenters. The minimum absolute atomic E-state index is 0.147. The van der Waals surface area contributed by atoms with E-state index >= 15 is 0 Å². The van der Waals surface area contributed by atoms with Crippen LogP contribution in [0.1, 0.15) is 24.0 Å². The third-order valence-electron chi connectivity index (χ3n) is 4.67. The molecule has 10 nitrogen and oxygen atoms in total. The van der Waals surface area contributed by atoms with E-state index in [0.717, 1.165) is 22.9 Å². The van der Waals surface area contributed by atoms with Gasteiger partial charge >= 0.3 is 6.03 Å². The summed E-state index contributed by atoms with van der Waals surface area (Å²) in [4.78, 5) is 32.4. The fourth-order valence-electron chi connectivity index (χ4n) is 3.05. The van der Waals surface area contributed by atoms with Gasteiger partial charge in [0.1, 0.15) is 5.70 Å². The molecule has 0 bridgehead atoms. The number of benzene rings is 1. The molecule has 2 aliphatic rings. The van der Waals surface area contributed by atoms with Crippen LogP contribution in [0, 0.1) is 0 Å². The Morgan fingerprint density at radius 1 is 1.23 bits per heavy atom. The number of rotatable bonds is 6. The molecule has 30 heavy (non-hydrogen) atoms. The molecule has 3 amide bonds. The zero-order valence-corrected chi connectivity index (χ0v) is 17.2. The average Bonchev–Trinajstić information content (AvgIpc) is 3.35. The highest BCUT2D eigenvalue weighted by atomic mass is 79.9. The van der Waals surface area contributed by atoms with E-state index in [-0.39, 0.29) is 5.70 Å². The van der Waals surface area contributed by atoms with Gasteiger partial charge in [0.2, 0.25) is 11.9 Å². The summed E-state index contributed by atoms with van der Waals surface area (Å²) >= 11 is 3.47. The Balaban J connectivity index is 1.50. The van der Waals surface area contributed by atoms with E-state index in [9.17, 15) is 9.59 Å². The minimum atomic E-state index is -0.551. The number of amides is 3. The van der Waals surface area contributed by atoms with E-state index in [1.807, 2.05) is 24.3 Å². The lowest BCUT2D eigenvalue weighted by Gasteiger charge is -2.10. The van der Waals surface area contributed by atoms with Crippen molar-refractivity contribution in [3.05, 3.63) is 51.8 Å². The van der Waals surface area contributed by atoms with Gasteiger partial charge in [-0.1, -0.05) is 28.1 Å². The molecule has 3 aromatic rings. The summed E-state index contributed by atoms with van der Waals surface area (Å²) < 4.78 is 2.60. The van der Waals surface area contributed by atoms with Gasteiger partial charge in [0.25, 0.3) is 5.91 Å². The molecule has 3 heterocycles. The Kier molecular flexibility index (Phi) is 4.58. The lowest BCUT2D eigenvalue weighted by Crippen LogP contribution is -2.22. The SMILES string of the molecule is O=C1NC(=O)/C(=C/c2cnn3c(NC4CC4)nc(NCc4cccc(Br)c4)nc23)N1. The number of carbonyl (C=O) groups is 2. The molecule has 11 heteroatoms. The molecule has 5 rings (SSSR count). The number of hydrogen-bond acceptors (Lipinski definition) is 7. The molecular weight excluding hydrogens is 452 g/mol. The van der Waals surface area contributed by atoms with Crippen molar-refractivity contribution in [2.24, 2.45) is 0 Å². The van der Waals surface area contributed by atoms with Gasteiger partial charge in [-0.15, -0.1) is 0 Å². The van der Waals surface area contributed by atoms with Crippen LogP contribution >= 0.6 is 15.9 Å². The van der Waals surface area contributed by atoms with Crippen LogP contribution < -0.4 is 21.3 Å². The predicted octanol–water partition coefficient (Wildman–Crippen LogP) is 2.25. The van der Waals surface area contributed by atoms with Gasteiger partial charge in [-0.25, -0.2) is 4.79 Å². The number of aromatic nitrogens is 4. The number of fused-ring (bicyclic) bond motifs is 1. The first-order valence-corrected chi connectivity index (χ1v) is 10.2. The van der Waals surface area contributed by atoms with Crippen molar-refractivity contribution >= 4 is 51.5 Å². The topological polar surface area (TPSA) is 125 Å². The van der Waals surface area contributed by atoms with Gasteiger partial charge in [0.15, 0.2) is 5.65 Å². The van der Waals surface area contributed by atoms with E-state index in [2.05, 4.69) is 52.3 Å². The Hall–Kier alpha value is -3.47. The lowest BCUT2D eigenvalue weighted by molar-refractivity contribution is -0.115. The van der Waals surface area contributed by atoms with E-state index in [0.29, 0.717) is 35.7 Å². The zero-order chi connectivity index (χ0) is 20.7. The van der Waals surface area contributed by atoms with E-state index in [1.54, 1.807) is 16.8 Å². The van der Waals surface area contributed by atoms with E-state index in [1.165, 1.54) is 0 Å². The minimum Gasteiger partial charge on any atom is -0.351 e. The van der Waals surface area contributed by atoms with Crippen molar-refractivity contribution in [3.63, 3.8) is 0 Å². The van der Waals surface area contributed by atoms with Crippen molar-refractivity contribution in [2.45, 2.75) is 25.4 Å². The van der Waals surface area contributed by atoms with Crippen LogP contribution in [0.3, 0.4) is 0 Å². The summed E-state index contributed by atoms with van der Waals surface area (Å²) in [5.74, 6) is 0.521. The summed E-state index contributed by atoms with van der Waals surface area (Å²) in [6.07, 6.45) is 5.30. The van der Waals surface area contributed by atoms with Crippen LogP contribution in [0.15, 0.2) is 40.6 Å². The summed E-state index contributed by atoms with van der Waals surface area (Å²) in [6, 6.07) is 7.78. The van der Waals surface area contributed by atoms with Crippen LogP contribution in [-0.2, 0) is 11.3 Å². The molecule has 0 spiro atoms. The second kappa shape index (κ2) is 7.41. The van der Waals surface area contributed by atoms with Gasteiger partial charge in [0.05, 0.1) is 6.20 Å². The number of nitrogens with zero attached hydrogens (tertiary/aromatic N) is 4. The fraction of sp³-hybridized carbons (Fsp3) is 0.211. The number of urea groups is 1. The number of carbonyl (C=O) groups excluding carboxylic acids is 2. The summed E-state index contributed by atoms with van der Waals surface area (Å²) in [5.41, 5.74) is 2.33. The van der Waals surface area contributed by atoms with Crippen molar-refractivity contribution in [1.29, 1.82) is 0 Å². The first-order chi connectivity index (χ1) is 14.5. The van der Waals surface area contributed by atoms with E-state index in [4.69, 9.17) is 0 Å². The standard InChI is InChI=1S/C19H17BrN8O2/c20-12-3-1-2-10(6-12)8-21-17-25-15-11(7-14-16(29)26-19(30)24-14)9-22-28(15)18(27-17)23-13-4-5-13/h1-3,6-7,9,13H,4-5,8H2,(H2,21,23,25,27)(H2,24,26,29,30)/b14-7-. The Labute approximate surface area is 179 Å². The molecule has 1 aromatic carbocycles. The first kappa shape index (κ1) is 18.6. The molecule has 152 valence electrons. The molecule has 0 radical (unpaired) electrons. The lowest BCUT2D eigenvalue weighted by atomic mass is 10.2. The number of imide groups is 1. The van der Waals surface area contributed by atoms with Gasteiger partial charge in [-0.2, -0.15) is 19.6 Å². The van der Waals surface area contributed by atoms with Crippen LogP contribution in [0.5, 0.6) is 0 Å². The maximum atomic E-state index is 11.9. The molecule has 4 N–H and O–H groups in total. The van der Waals surface area contributed by atoms with Crippen LogP contribution in [-0.4, -0.2) is 37.6 Å². The highest BCUT2D eigenvalue weighted by Gasteiger charge is 2.25. The van der Waals surface area contributed by atoms with Crippen molar-refractivity contribution < 1.29 is 9.59 Å². The Bertz CT molecular complexity index is 1200.